The second-order valence-corrected chi connectivity index (χ2v) is 6.59. The number of guanidine groups is 1. The quantitative estimate of drug-likeness (QED) is 0.194. The Kier molecular flexibility index (Phi) is 12.6. The van der Waals surface area contributed by atoms with Crippen LogP contribution in [0.4, 0.5) is 0 Å². The van der Waals surface area contributed by atoms with Gasteiger partial charge in [-0.2, -0.15) is 0 Å². The van der Waals surface area contributed by atoms with Gasteiger partial charge < -0.3 is 29.6 Å². The molecule has 0 spiro atoms. The fraction of sp³-hybridized carbons (Fsp3) is 0.435. The van der Waals surface area contributed by atoms with Crippen LogP contribution in [0.1, 0.15) is 18.1 Å². The van der Waals surface area contributed by atoms with Crippen molar-refractivity contribution in [3.63, 3.8) is 0 Å². The Labute approximate surface area is 202 Å². The normalized spacial score (nSPS) is 10.7. The van der Waals surface area contributed by atoms with Crippen LogP contribution >= 0.6 is 24.0 Å². The molecular weight excluding hydrogens is 509 g/mol. The van der Waals surface area contributed by atoms with Crippen molar-refractivity contribution >= 4 is 29.9 Å². The Bertz CT molecular complexity index is 813. The lowest BCUT2D eigenvalue weighted by molar-refractivity contribution is 0.321. The monoisotopic (exact) mass is 543 g/mol. The Hall–Kier alpha value is -2.36. The summed E-state index contributed by atoms with van der Waals surface area (Å²) in [7, 11) is 4.84. The highest BCUT2D eigenvalue weighted by atomic mass is 127. The van der Waals surface area contributed by atoms with Gasteiger partial charge in [0, 0.05) is 18.7 Å². The molecule has 0 bridgehead atoms. The van der Waals surface area contributed by atoms with Crippen LogP contribution in [0, 0.1) is 6.92 Å². The first-order valence-corrected chi connectivity index (χ1v) is 10.1. The number of hydrogen-bond acceptors (Lipinski definition) is 5. The molecule has 2 aromatic carbocycles. The van der Waals surface area contributed by atoms with Gasteiger partial charge in [0.2, 0.25) is 5.75 Å². The average Bonchev–Trinajstić information content (AvgIpc) is 2.77. The molecule has 0 saturated carbocycles. The highest BCUT2D eigenvalue weighted by Crippen LogP contribution is 2.39. The van der Waals surface area contributed by atoms with E-state index in [-0.39, 0.29) is 24.0 Å². The standard InChI is InChI=1S/C23H33N3O4.HI/c1-6-24-23(26-15-16-30-19-10-7-17(2)8-11-19)25-14-13-18-9-12-20(27-3)22(29-5)21(18)28-4;/h7-12H,6,13-16H2,1-5H3,(H2,24,25,26);1H. The number of hydrogen-bond donors (Lipinski definition) is 2. The molecule has 31 heavy (non-hydrogen) atoms. The van der Waals surface area contributed by atoms with Gasteiger partial charge >= 0.3 is 0 Å². The van der Waals surface area contributed by atoms with E-state index in [1.54, 1.807) is 21.3 Å². The van der Waals surface area contributed by atoms with E-state index < -0.39 is 0 Å². The third-order valence-electron chi connectivity index (χ3n) is 4.47. The van der Waals surface area contributed by atoms with E-state index in [0.29, 0.717) is 43.4 Å². The number of benzene rings is 2. The van der Waals surface area contributed by atoms with Gasteiger partial charge in [-0.05, 0) is 38.5 Å². The van der Waals surface area contributed by atoms with Crippen molar-refractivity contribution in [1.29, 1.82) is 0 Å². The van der Waals surface area contributed by atoms with Gasteiger partial charge in [0.15, 0.2) is 17.5 Å². The van der Waals surface area contributed by atoms with Gasteiger partial charge in [0.25, 0.3) is 0 Å². The molecule has 0 aromatic heterocycles. The largest absolute Gasteiger partial charge is 0.493 e. The zero-order valence-corrected chi connectivity index (χ0v) is 21.3. The number of ether oxygens (including phenoxy) is 4. The Balaban J connectivity index is 0.00000480. The molecule has 0 aliphatic heterocycles. The topological polar surface area (TPSA) is 73.3 Å². The van der Waals surface area contributed by atoms with E-state index in [0.717, 1.165) is 23.8 Å². The van der Waals surface area contributed by atoms with Gasteiger partial charge in [-0.3, -0.25) is 4.99 Å². The summed E-state index contributed by atoms with van der Waals surface area (Å²) in [6.07, 6.45) is 0.708. The minimum absolute atomic E-state index is 0. The lowest BCUT2D eigenvalue weighted by Gasteiger charge is -2.15. The molecule has 172 valence electrons. The van der Waals surface area contributed by atoms with E-state index in [1.165, 1.54) is 5.56 Å². The number of aryl methyl sites for hydroxylation is 1. The smallest absolute Gasteiger partial charge is 0.203 e. The van der Waals surface area contributed by atoms with Crippen molar-refractivity contribution in [1.82, 2.24) is 10.6 Å². The van der Waals surface area contributed by atoms with Gasteiger partial charge in [-0.25, -0.2) is 0 Å². The lowest BCUT2D eigenvalue weighted by Crippen LogP contribution is -2.39. The highest BCUT2D eigenvalue weighted by Gasteiger charge is 2.15. The number of nitrogens with zero attached hydrogens (tertiary/aromatic N) is 1. The lowest BCUT2D eigenvalue weighted by atomic mass is 10.1. The maximum atomic E-state index is 5.75. The summed E-state index contributed by atoms with van der Waals surface area (Å²) in [5.74, 6) is 3.54. The van der Waals surface area contributed by atoms with E-state index in [2.05, 4.69) is 22.5 Å². The molecule has 0 amide bonds. The Morgan fingerprint density at radius 2 is 1.61 bits per heavy atom. The maximum absolute atomic E-state index is 5.75. The van der Waals surface area contributed by atoms with Crippen LogP contribution in [-0.4, -0.2) is 53.5 Å². The second-order valence-electron chi connectivity index (χ2n) is 6.59. The number of aliphatic imine (C=N–C) groups is 1. The van der Waals surface area contributed by atoms with Crippen molar-refractivity contribution in [3.8, 4) is 23.0 Å². The third-order valence-corrected chi connectivity index (χ3v) is 4.47. The maximum Gasteiger partial charge on any atom is 0.203 e. The minimum atomic E-state index is 0. The molecule has 0 atom stereocenters. The Morgan fingerprint density at radius 3 is 2.23 bits per heavy atom. The van der Waals surface area contributed by atoms with Crippen molar-refractivity contribution in [2.75, 3.05) is 47.6 Å². The molecule has 0 aliphatic carbocycles. The molecule has 7 nitrogen and oxygen atoms in total. The molecule has 0 heterocycles. The van der Waals surface area contributed by atoms with Crippen LogP contribution in [0.5, 0.6) is 23.0 Å². The van der Waals surface area contributed by atoms with E-state index in [9.17, 15) is 0 Å². The summed E-state index contributed by atoms with van der Waals surface area (Å²) >= 11 is 0. The summed E-state index contributed by atoms with van der Waals surface area (Å²) in [5, 5.41) is 6.55. The van der Waals surface area contributed by atoms with Crippen LogP contribution in [0.15, 0.2) is 41.4 Å². The Morgan fingerprint density at radius 1 is 0.903 bits per heavy atom. The van der Waals surface area contributed by atoms with Gasteiger partial charge in [0.1, 0.15) is 12.4 Å². The number of halogens is 1. The zero-order chi connectivity index (χ0) is 21.8. The second kappa shape index (κ2) is 14.6. The fourth-order valence-electron chi connectivity index (χ4n) is 2.96. The molecule has 0 saturated heterocycles. The van der Waals surface area contributed by atoms with Gasteiger partial charge in [-0.15, -0.1) is 24.0 Å². The summed E-state index contributed by atoms with van der Waals surface area (Å²) in [6, 6.07) is 11.9. The number of methoxy groups -OCH3 is 3. The average molecular weight is 543 g/mol. The van der Waals surface area contributed by atoms with Gasteiger partial charge in [0.05, 0.1) is 27.9 Å². The molecule has 0 fully saturated rings. The van der Waals surface area contributed by atoms with Crippen molar-refractivity contribution in [2.24, 2.45) is 4.99 Å². The van der Waals surface area contributed by atoms with Crippen LogP contribution in [0.3, 0.4) is 0 Å². The zero-order valence-electron chi connectivity index (χ0n) is 19.0. The summed E-state index contributed by atoms with van der Waals surface area (Å²) in [4.78, 5) is 4.65. The van der Waals surface area contributed by atoms with E-state index in [4.69, 9.17) is 18.9 Å². The summed E-state index contributed by atoms with van der Waals surface area (Å²) < 4.78 is 22.1. The molecule has 8 heteroatoms. The molecule has 2 N–H and O–H groups in total. The SMILES string of the molecule is CCNC(=NCCc1ccc(OC)c(OC)c1OC)NCCOc1ccc(C)cc1.I. The van der Waals surface area contributed by atoms with Crippen molar-refractivity contribution < 1.29 is 18.9 Å². The predicted molar refractivity (Wildman–Crippen MR) is 136 cm³/mol. The first-order valence-electron chi connectivity index (χ1n) is 10.1. The molecular formula is C23H34IN3O4. The minimum Gasteiger partial charge on any atom is -0.493 e. The van der Waals surface area contributed by atoms with Crippen LogP contribution in [-0.2, 0) is 6.42 Å². The van der Waals surface area contributed by atoms with Crippen LogP contribution in [0.2, 0.25) is 0 Å². The molecule has 0 unspecified atom stereocenters. The van der Waals surface area contributed by atoms with Crippen molar-refractivity contribution in [3.05, 3.63) is 47.5 Å². The van der Waals surface area contributed by atoms with E-state index >= 15 is 0 Å². The molecule has 2 rings (SSSR count). The van der Waals surface area contributed by atoms with Crippen LogP contribution < -0.4 is 29.6 Å². The first-order chi connectivity index (χ1) is 14.6. The summed E-state index contributed by atoms with van der Waals surface area (Å²) in [5.41, 5.74) is 2.23. The first kappa shape index (κ1) is 26.7. The van der Waals surface area contributed by atoms with E-state index in [1.807, 2.05) is 43.3 Å². The van der Waals surface area contributed by atoms with Gasteiger partial charge in [-0.1, -0.05) is 23.8 Å². The highest BCUT2D eigenvalue weighted by molar-refractivity contribution is 14.0. The number of nitrogens with one attached hydrogen (secondary N) is 2. The fourth-order valence-corrected chi connectivity index (χ4v) is 2.96. The van der Waals surface area contributed by atoms with Crippen LogP contribution in [0.25, 0.3) is 0 Å². The molecule has 0 aliphatic rings. The summed E-state index contributed by atoms with van der Waals surface area (Å²) in [6.45, 7) is 6.68. The third kappa shape index (κ3) is 8.35. The molecule has 2 aromatic rings. The molecule has 0 radical (unpaired) electrons. The predicted octanol–water partition coefficient (Wildman–Crippen LogP) is 3.82. The number of rotatable bonds is 11. The van der Waals surface area contributed by atoms with Crippen molar-refractivity contribution in [2.45, 2.75) is 20.3 Å².